The Bertz CT molecular complexity index is 265. The Kier molecular flexibility index (Phi) is 2.58. The standard InChI is InChI=1S/C6H5F2IN2/c7-6(8)3-1-11-2-4(9)5(3)10/h1-2,6H,(H2,10,11). The molecule has 1 aromatic heterocycles. The van der Waals surface area contributed by atoms with Gasteiger partial charge in [0, 0.05) is 12.4 Å². The second-order valence-corrected chi connectivity index (χ2v) is 3.09. The lowest BCUT2D eigenvalue weighted by Crippen LogP contribution is -1.98. The molecule has 0 radical (unpaired) electrons. The van der Waals surface area contributed by atoms with Crippen LogP contribution in [0.3, 0.4) is 0 Å². The summed E-state index contributed by atoms with van der Waals surface area (Å²) in [6.07, 6.45) is -0.0126. The number of aromatic nitrogens is 1. The fourth-order valence-corrected chi connectivity index (χ4v) is 1.11. The van der Waals surface area contributed by atoms with Crippen molar-refractivity contribution in [3.05, 3.63) is 21.5 Å². The summed E-state index contributed by atoms with van der Waals surface area (Å²) in [7, 11) is 0. The van der Waals surface area contributed by atoms with Gasteiger partial charge < -0.3 is 5.73 Å². The number of nitrogens with two attached hydrogens (primary N) is 1. The van der Waals surface area contributed by atoms with Crippen molar-refractivity contribution in [1.82, 2.24) is 4.98 Å². The molecule has 0 aromatic carbocycles. The Morgan fingerprint density at radius 3 is 2.55 bits per heavy atom. The van der Waals surface area contributed by atoms with Gasteiger partial charge in [0.1, 0.15) is 0 Å². The lowest BCUT2D eigenvalue weighted by molar-refractivity contribution is 0.152. The predicted molar refractivity (Wildman–Crippen MR) is 46.3 cm³/mol. The first-order chi connectivity index (χ1) is 5.13. The average Bonchev–Trinajstić information content (AvgIpc) is 1.94. The summed E-state index contributed by atoms with van der Waals surface area (Å²) in [4.78, 5) is 3.60. The molecule has 0 saturated heterocycles. The highest BCUT2D eigenvalue weighted by Crippen LogP contribution is 2.26. The first-order valence-electron chi connectivity index (χ1n) is 2.80. The van der Waals surface area contributed by atoms with E-state index in [1.165, 1.54) is 6.20 Å². The number of nitrogen functional groups attached to an aromatic ring is 1. The van der Waals surface area contributed by atoms with Crippen LogP contribution in [0.25, 0.3) is 0 Å². The van der Waals surface area contributed by atoms with Crippen molar-refractivity contribution >= 4 is 28.3 Å². The monoisotopic (exact) mass is 270 g/mol. The molecule has 0 aliphatic heterocycles. The Hall–Kier alpha value is -0.460. The van der Waals surface area contributed by atoms with Crippen molar-refractivity contribution in [2.45, 2.75) is 6.43 Å². The van der Waals surface area contributed by atoms with Crippen LogP contribution in [-0.4, -0.2) is 4.98 Å². The van der Waals surface area contributed by atoms with Gasteiger partial charge in [-0.25, -0.2) is 8.78 Å². The molecule has 0 unspecified atom stereocenters. The molecule has 0 spiro atoms. The molecule has 0 saturated carbocycles. The highest BCUT2D eigenvalue weighted by Gasteiger charge is 2.12. The zero-order valence-electron chi connectivity index (χ0n) is 5.39. The SMILES string of the molecule is Nc1c(I)cncc1C(F)F. The third-order valence-electron chi connectivity index (χ3n) is 1.20. The van der Waals surface area contributed by atoms with E-state index < -0.39 is 6.43 Å². The summed E-state index contributed by atoms with van der Waals surface area (Å²) < 4.78 is 24.7. The summed E-state index contributed by atoms with van der Waals surface area (Å²) >= 11 is 1.86. The molecule has 1 rings (SSSR count). The van der Waals surface area contributed by atoms with Gasteiger partial charge in [-0.2, -0.15) is 0 Å². The number of pyridine rings is 1. The van der Waals surface area contributed by atoms with Gasteiger partial charge in [0.15, 0.2) is 0 Å². The third-order valence-corrected chi connectivity index (χ3v) is 2.06. The number of rotatable bonds is 1. The molecular weight excluding hydrogens is 265 g/mol. The first kappa shape index (κ1) is 8.63. The van der Waals surface area contributed by atoms with Crippen LogP contribution in [0.4, 0.5) is 14.5 Å². The van der Waals surface area contributed by atoms with Crippen molar-refractivity contribution < 1.29 is 8.78 Å². The van der Waals surface area contributed by atoms with Crippen molar-refractivity contribution in [3.63, 3.8) is 0 Å². The van der Waals surface area contributed by atoms with Gasteiger partial charge in [-0.1, -0.05) is 0 Å². The topological polar surface area (TPSA) is 38.9 Å². The number of hydrogen-bond acceptors (Lipinski definition) is 2. The van der Waals surface area contributed by atoms with Crippen LogP contribution >= 0.6 is 22.6 Å². The smallest absolute Gasteiger partial charge is 0.267 e. The molecule has 5 heteroatoms. The fraction of sp³-hybridized carbons (Fsp3) is 0.167. The van der Waals surface area contributed by atoms with E-state index in [4.69, 9.17) is 5.73 Å². The van der Waals surface area contributed by atoms with Crippen LogP contribution in [0.5, 0.6) is 0 Å². The van der Waals surface area contributed by atoms with Crippen molar-refractivity contribution in [2.24, 2.45) is 0 Å². The predicted octanol–water partition coefficient (Wildman–Crippen LogP) is 2.21. The molecule has 11 heavy (non-hydrogen) atoms. The number of halogens is 3. The maximum atomic E-state index is 12.1. The molecule has 0 aliphatic rings. The van der Waals surface area contributed by atoms with E-state index in [0.717, 1.165) is 6.20 Å². The molecular formula is C6H5F2IN2. The van der Waals surface area contributed by atoms with Crippen molar-refractivity contribution in [2.75, 3.05) is 5.73 Å². The van der Waals surface area contributed by atoms with E-state index in [2.05, 4.69) is 4.98 Å². The largest absolute Gasteiger partial charge is 0.397 e. The second kappa shape index (κ2) is 3.29. The number of hydrogen-bond donors (Lipinski definition) is 1. The van der Waals surface area contributed by atoms with Gasteiger partial charge in [-0.3, -0.25) is 4.98 Å². The van der Waals surface area contributed by atoms with E-state index >= 15 is 0 Å². The minimum Gasteiger partial charge on any atom is -0.397 e. The minimum atomic E-state index is -2.54. The minimum absolute atomic E-state index is 0.121. The summed E-state index contributed by atoms with van der Waals surface area (Å²) in [6, 6.07) is 0. The number of nitrogens with zero attached hydrogens (tertiary/aromatic N) is 1. The summed E-state index contributed by atoms with van der Waals surface area (Å²) in [5.74, 6) is 0. The lowest BCUT2D eigenvalue weighted by atomic mass is 10.2. The summed E-state index contributed by atoms with van der Waals surface area (Å²) in [6.45, 7) is 0. The molecule has 0 amide bonds. The lowest BCUT2D eigenvalue weighted by Gasteiger charge is -2.03. The van der Waals surface area contributed by atoms with Crippen molar-refractivity contribution in [1.29, 1.82) is 0 Å². The van der Waals surface area contributed by atoms with E-state index in [1.54, 1.807) is 0 Å². The van der Waals surface area contributed by atoms with Gasteiger partial charge in [-0.15, -0.1) is 0 Å². The summed E-state index contributed by atoms with van der Waals surface area (Å²) in [5.41, 5.74) is 5.28. The maximum absolute atomic E-state index is 12.1. The zero-order chi connectivity index (χ0) is 8.43. The van der Waals surface area contributed by atoms with Gasteiger partial charge in [0.25, 0.3) is 6.43 Å². The van der Waals surface area contributed by atoms with Crippen LogP contribution in [0, 0.1) is 3.57 Å². The summed E-state index contributed by atoms with van der Waals surface area (Å²) in [5, 5.41) is 0. The normalized spacial score (nSPS) is 10.5. The molecule has 2 nitrogen and oxygen atoms in total. The molecule has 0 aliphatic carbocycles. The number of alkyl halides is 2. The van der Waals surface area contributed by atoms with Crippen LogP contribution in [0.2, 0.25) is 0 Å². The van der Waals surface area contributed by atoms with E-state index in [-0.39, 0.29) is 11.3 Å². The molecule has 0 fully saturated rings. The molecule has 60 valence electrons. The van der Waals surface area contributed by atoms with Crippen molar-refractivity contribution in [3.8, 4) is 0 Å². The van der Waals surface area contributed by atoms with Gasteiger partial charge in [0.2, 0.25) is 0 Å². The highest BCUT2D eigenvalue weighted by molar-refractivity contribution is 14.1. The number of anilines is 1. The van der Waals surface area contributed by atoms with E-state index in [1.807, 2.05) is 22.6 Å². The Balaban J connectivity index is 3.17. The maximum Gasteiger partial charge on any atom is 0.267 e. The zero-order valence-corrected chi connectivity index (χ0v) is 7.55. The van der Waals surface area contributed by atoms with Crippen LogP contribution < -0.4 is 5.73 Å². The highest BCUT2D eigenvalue weighted by atomic mass is 127. The van der Waals surface area contributed by atoms with E-state index in [0.29, 0.717) is 3.57 Å². The molecule has 2 N–H and O–H groups in total. The van der Waals surface area contributed by atoms with Crippen LogP contribution in [0.1, 0.15) is 12.0 Å². The van der Waals surface area contributed by atoms with Gasteiger partial charge in [-0.05, 0) is 22.6 Å². The molecule has 0 atom stereocenters. The Morgan fingerprint density at radius 1 is 1.45 bits per heavy atom. The van der Waals surface area contributed by atoms with Crippen LogP contribution in [0.15, 0.2) is 12.4 Å². The first-order valence-corrected chi connectivity index (χ1v) is 3.88. The van der Waals surface area contributed by atoms with Crippen LogP contribution in [-0.2, 0) is 0 Å². The van der Waals surface area contributed by atoms with Gasteiger partial charge >= 0.3 is 0 Å². The molecule has 1 aromatic rings. The Morgan fingerprint density at radius 2 is 2.09 bits per heavy atom. The quantitative estimate of drug-likeness (QED) is 0.794. The third kappa shape index (κ3) is 1.76. The van der Waals surface area contributed by atoms with Gasteiger partial charge in [0.05, 0.1) is 14.8 Å². The second-order valence-electron chi connectivity index (χ2n) is 1.92. The molecule has 0 bridgehead atoms. The Labute approximate surface area is 75.9 Å². The average molecular weight is 270 g/mol. The fourth-order valence-electron chi connectivity index (χ4n) is 0.634. The molecule has 1 heterocycles. The van der Waals surface area contributed by atoms with E-state index in [9.17, 15) is 8.78 Å².